The second kappa shape index (κ2) is 17.8. The van der Waals surface area contributed by atoms with Gasteiger partial charge in [0.15, 0.2) is 0 Å². The molecule has 0 bridgehead atoms. The number of carbonyl (C=O) groups excluding carboxylic acids is 1. The number of carboxylic acids is 2. The quantitative estimate of drug-likeness (QED) is 0.274. The van der Waals surface area contributed by atoms with Crippen molar-refractivity contribution in [1.82, 2.24) is 5.32 Å². The Labute approximate surface area is 164 Å². The lowest BCUT2D eigenvalue weighted by Gasteiger charge is -2.08. The first-order valence-electron chi connectivity index (χ1n) is 10.7. The topological polar surface area (TPSA) is 104 Å². The van der Waals surface area contributed by atoms with E-state index in [-0.39, 0.29) is 5.91 Å². The molecule has 158 valence electrons. The van der Waals surface area contributed by atoms with Crippen LogP contribution in [-0.4, -0.2) is 34.1 Å². The van der Waals surface area contributed by atoms with E-state index in [1.807, 2.05) is 0 Å². The van der Waals surface area contributed by atoms with Crippen molar-refractivity contribution in [2.24, 2.45) is 0 Å². The molecule has 0 aliphatic rings. The lowest BCUT2D eigenvalue weighted by Crippen LogP contribution is -2.38. The molecule has 1 atom stereocenters. The van der Waals surface area contributed by atoms with Gasteiger partial charge in [0.25, 0.3) is 0 Å². The summed E-state index contributed by atoms with van der Waals surface area (Å²) in [7, 11) is 0. The van der Waals surface area contributed by atoms with E-state index in [1.165, 1.54) is 58.3 Å². The molecule has 0 saturated carbocycles. The predicted molar refractivity (Wildman–Crippen MR) is 107 cm³/mol. The van der Waals surface area contributed by atoms with Crippen LogP contribution < -0.4 is 5.32 Å². The number of aliphatic carboxylic acids is 2. The Morgan fingerprint density at radius 2 is 0.963 bits per heavy atom. The molecule has 0 fully saturated rings. The Hall–Kier alpha value is -1.59. The third-order valence-electron chi connectivity index (χ3n) is 4.79. The van der Waals surface area contributed by atoms with Crippen LogP contribution >= 0.6 is 0 Å². The molecule has 6 nitrogen and oxygen atoms in total. The average molecular weight is 386 g/mol. The molecule has 0 aliphatic heterocycles. The molecule has 0 aromatic carbocycles. The number of amides is 1. The van der Waals surface area contributed by atoms with Gasteiger partial charge in [0.2, 0.25) is 5.91 Å². The zero-order chi connectivity index (χ0) is 20.3. The Morgan fingerprint density at radius 3 is 1.30 bits per heavy atom. The second-order valence-corrected chi connectivity index (χ2v) is 7.47. The van der Waals surface area contributed by atoms with Gasteiger partial charge in [-0.05, 0) is 19.8 Å². The number of carbonyl (C=O) groups is 3. The van der Waals surface area contributed by atoms with Crippen molar-refractivity contribution in [2.45, 2.75) is 116 Å². The molecule has 1 amide bonds. The number of carboxylic acid groups (broad SMARTS) is 2. The molecule has 0 radical (unpaired) electrons. The lowest BCUT2D eigenvalue weighted by atomic mass is 10.0. The number of hydrogen-bond donors (Lipinski definition) is 3. The highest BCUT2D eigenvalue weighted by atomic mass is 16.4. The maximum atomic E-state index is 11.5. The Bertz CT molecular complexity index is 411. The summed E-state index contributed by atoms with van der Waals surface area (Å²) in [4.78, 5) is 32.5. The van der Waals surface area contributed by atoms with Crippen molar-refractivity contribution >= 4 is 17.8 Å². The average Bonchev–Trinajstić information content (AvgIpc) is 2.60. The standard InChI is InChI=1S/C21H39NO5/c1-18(21(26)27)22-19(23)16-14-12-10-8-6-4-2-3-5-7-9-11-13-15-17-20(24)25/h18H,2-17H2,1H3,(H,22,23)(H,24,25)(H,26,27)/t18-/m0/s1. The summed E-state index contributed by atoms with van der Waals surface area (Å²) < 4.78 is 0. The van der Waals surface area contributed by atoms with E-state index in [9.17, 15) is 14.4 Å². The highest BCUT2D eigenvalue weighted by Crippen LogP contribution is 2.13. The Morgan fingerprint density at radius 1 is 0.630 bits per heavy atom. The van der Waals surface area contributed by atoms with Gasteiger partial charge in [-0.1, -0.05) is 77.0 Å². The highest BCUT2D eigenvalue weighted by Gasteiger charge is 2.12. The molecule has 0 unspecified atom stereocenters. The van der Waals surface area contributed by atoms with Crippen LogP contribution in [0.3, 0.4) is 0 Å². The minimum Gasteiger partial charge on any atom is -0.481 e. The van der Waals surface area contributed by atoms with Crippen molar-refractivity contribution in [2.75, 3.05) is 0 Å². The van der Waals surface area contributed by atoms with E-state index in [0.717, 1.165) is 38.5 Å². The lowest BCUT2D eigenvalue weighted by molar-refractivity contribution is -0.141. The Balaban J connectivity index is 3.20. The van der Waals surface area contributed by atoms with Crippen LogP contribution in [-0.2, 0) is 14.4 Å². The highest BCUT2D eigenvalue weighted by molar-refractivity contribution is 5.83. The number of unbranched alkanes of at least 4 members (excludes halogenated alkanes) is 13. The summed E-state index contributed by atoms with van der Waals surface area (Å²) in [6.07, 6.45) is 16.8. The minimum atomic E-state index is -1.00. The Kier molecular flexibility index (Phi) is 16.8. The summed E-state index contributed by atoms with van der Waals surface area (Å²) in [6, 6.07) is -0.811. The maximum absolute atomic E-state index is 11.5. The molecule has 0 aromatic heterocycles. The third-order valence-corrected chi connectivity index (χ3v) is 4.79. The molecular formula is C21H39NO5. The summed E-state index contributed by atoms with van der Waals surface area (Å²) in [5.41, 5.74) is 0. The second-order valence-electron chi connectivity index (χ2n) is 7.47. The third kappa shape index (κ3) is 19.0. The molecule has 0 saturated heterocycles. The normalized spacial score (nSPS) is 11.9. The molecular weight excluding hydrogens is 346 g/mol. The molecule has 3 N–H and O–H groups in total. The monoisotopic (exact) mass is 385 g/mol. The fourth-order valence-corrected chi connectivity index (χ4v) is 3.06. The van der Waals surface area contributed by atoms with Gasteiger partial charge in [0.05, 0.1) is 0 Å². The van der Waals surface area contributed by atoms with Crippen LogP contribution in [0.1, 0.15) is 110 Å². The van der Waals surface area contributed by atoms with E-state index in [0.29, 0.717) is 12.8 Å². The molecule has 6 heteroatoms. The number of rotatable bonds is 19. The van der Waals surface area contributed by atoms with Crippen molar-refractivity contribution in [1.29, 1.82) is 0 Å². The van der Waals surface area contributed by atoms with E-state index < -0.39 is 18.0 Å². The molecule has 0 aliphatic carbocycles. The van der Waals surface area contributed by atoms with Gasteiger partial charge in [-0.25, -0.2) is 0 Å². The largest absolute Gasteiger partial charge is 0.481 e. The van der Waals surface area contributed by atoms with E-state index in [1.54, 1.807) is 0 Å². The van der Waals surface area contributed by atoms with Crippen molar-refractivity contribution in [3.8, 4) is 0 Å². The van der Waals surface area contributed by atoms with Gasteiger partial charge < -0.3 is 15.5 Å². The van der Waals surface area contributed by atoms with Gasteiger partial charge in [0, 0.05) is 12.8 Å². The van der Waals surface area contributed by atoms with Crippen LogP contribution in [0.2, 0.25) is 0 Å². The molecule has 0 spiro atoms. The van der Waals surface area contributed by atoms with Crippen molar-refractivity contribution in [3.63, 3.8) is 0 Å². The fourth-order valence-electron chi connectivity index (χ4n) is 3.06. The van der Waals surface area contributed by atoms with E-state index >= 15 is 0 Å². The molecule has 0 heterocycles. The summed E-state index contributed by atoms with van der Waals surface area (Å²) in [5.74, 6) is -1.86. The molecule has 0 aromatic rings. The van der Waals surface area contributed by atoms with Crippen molar-refractivity contribution in [3.05, 3.63) is 0 Å². The van der Waals surface area contributed by atoms with E-state index in [2.05, 4.69) is 5.32 Å². The molecule has 0 rings (SSSR count). The van der Waals surface area contributed by atoms with Crippen LogP contribution in [0.4, 0.5) is 0 Å². The first kappa shape index (κ1) is 25.4. The van der Waals surface area contributed by atoms with Gasteiger partial charge in [0.1, 0.15) is 6.04 Å². The first-order chi connectivity index (χ1) is 12.9. The van der Waals surface area contributed by atoms with Gasteiger partial charge in [-0.15, -0.1) is 0 Å². The van der Waals surface area contributed by atoms with Crippen LogP contribution in [0, 0.1) is 0 Å². The van der Waals surface area contributed by atoms with E-state index in [4.69, 9.17) is 10.2 Å². The van der Waals surface area contributed by atoms with Gasteiger partial charge in [-0.3, -0.25) is 14.4 Å². The minimum absolute atomic E-state index is 0.174. The maximum Gasteiger partial charge on any atom is 0.325 e. The number of hydrogen-bond acceptors (Lipinski definition) is 3. The number of nitrogens with one attached hydrogen (secondary N) is 1. The zero-order valence-electron chi connectivity index (χ0n) is 17.0. The van der Waals surface area contributed by atoms with Crippen LogP contribution in [0.15, 0.2) is 0 Å². The van der Waals surface area contributed by atoms with Gasteiger partial charge >= 0.3 is 11.9 Å². The van der Waals surface area contributed by atoms with Gasteiger partial charge in [-0.2, -0.15) is 0 Å². The molecule has 27 heavy (non-hydrogen) atoms. The predicted octanol–water partition coefficient (Wildman–Crippen LogP) is 4.90. The van der Waals surface area contributed by atoms with Crippen LogP contribution in [0.25, 0.3) is 0 Å². The summed E-state index contributed by atoms with van der Waals surface area (Å²) in [5, 5.41) is 19.7. The smallest absolute Gasteiger partial charge is 0.325 e. The SMILES string of the molecule is C[C@H](NC(=O)CCCCCCCCCCCCCCCCC(=O)O)C(=O)O. The van der Waals surface area contributed by atoms with Crippen molar-refractivity contribution < 1.29 is 24.6 Å². The van der Waals surface area contributed by atoms with Crippen LogP contribution in [0.5, 0.6) is 0 Å². The first-order valence-corrected chi connectivity index (χ1v) is 10.7. The summed E-state index contributed by atoms with van der Waals surface area (Å²) >= 11 is 0. The fraction of sp³-hybridized carbons (Fsp3) is 0.857. The summed E-state index contributed by atoms with van der Waals surface area (Å²) in [6.45, 7) is 1.47. The zero-order valence-corrected chi connectivity index (χ0v) is 17.0.